The summed E-state index contributed by atoms with van der Waals surface area (Å²) >= 11 is 0. The van der Waals surface area contributed by atoms with Crippen LogP contribution in [0.5, 0.6) is 23.0 Å². The molecule has 38 heavy (non-hydrogen) atoms. The Kier molecular flexibility index (Phi) is 12.2. The Morgan fingerprint density at radius 2 is 1.45 bits per heavy atom. The van der Waals surface area contributed by atoms with Gasteiger partial charge in [0.15, 0.2) is 11.5 Å². The number of hydrogen-bond acceptors (Lipinski definition) is 8. The number of methoxy groups -OCH3 is 3. The first-order valence-electron chi connectivity index (χ1n) is 12.5. The van der Waals surface area contributed by atoms with Crippen molar-refractivity contribution in [3.8, 4) is 23.0 Å². The summed E-state index contributed by atoms with van der Waals surface area (Å²) in [5, 5.41) is 14.8. The van der Waals surface area contributed by atoms with Crippen LogP contribution in [0.2, 0.25) is 0 Å². The van der Waals surface area contributed by atoms with Crippen LogP contribution in [0.1, 0.15) is 36.5 Å². The highest BCUT2D eigenvalue weighted by molar-refractivity contribution is 6.27. The van der Waals surface area contributed by atoms with Crippen molar-refractivity contribution in [2.24, 2.45) is 0 Å². The Morgan fingerprint density at radius 1 is 0.842 bits per heavy atom. The molecule has 0 bridgehead atoms. The molecule has 0 spiro atoms. The molecule has 10 heteroatoms. The molecular weight excluding hydrogens is 492 g/mol. The SMILES string of the molecule is COc1ccc(CN2CCN(CCOc3cc(C)ccc3C(C)C)CC2)c(OC)c1OC.O=C(O)C(=O)O. The summed E-state index contributed by atoms with van der Waals surface area (Å²) in [7, 11) is 4.96. The van der Waals surface area contributed by atoms with Gasteiger partial charge in [-0.25, -0.2) is 9.59 Å². The Morgan fingerprint density at radius 3 is 1.97 bits per heavy atom. The summed E-state index contributed by atoms with van der Waals surface area (Å²) in [6.45, 7) is 13.1. The quantitative estimate of drug-likeness (QED) is 0.440. The van der Waals surface area contributed by atoms with E-state index in [4.69, 9.17) is 38.7 Å². The summed E-state index contributed by atoms with van der Waals surface area (Å²) in [5.74, 6) is -0.0685. The first kappa shape index (κ1) is 30.7. The zero-order valence-corrected chi connectivity index (χ0v) is 23.2. The van der Waals surface area contributed by atoms with E-state index in [0.717, 1.165) is 56.3 Å². The number of ether oxygens (including phenoxy) is 4. The fraction of sp³-hybridized carbons (Fsp3) is 0.500. The number of aliphatic carboxylic acids is 2. The van der Waals surface area contributed by atoms with E-state index in [1.165, 1.54) is 11.1 Å². The van der Waals surface area contributed by atoms with Gasteiger partial charge in [-0.2, -0.15) is 0 Å². The number of nitrogens with zero attached hydrogens (tertiary/aromatic N) is 2. The van der Waals surface area contributed by atoms with Gasteiger partial charge in [-0.3, -0.25) is 9.80 Å². The Balaban J connectivity index is 0.000000757. The molecule has 0 radical (unpaired) electrons. The number of benzene rings is 2. The molecule has 0 aromatic heterocycles. The van der Waals surface area contributed by atoms with E-state index in [1.54, 1.807) is 21.3 Å². The number of aryl methyl sites for hydroxylation is 1. The summed E-state index contributed by atoms with van der Waals surface area (Å²) < 4.78 is 22.8. The molecule has 0 atom stereocenters. The number of carboxylic acid groups (broad SMARTS) is 2. The van der Waals surface area contributed by atoms with E-state index in [1.807, 2.05) is 6.07 Å². The van der Waals surface area contributed by atoms with Gasteiger partial charge in [-0.1, -0.05) is 32.0 Å². The maximum absolute atomic E-state index is 9.10. The normalized spacial score (nSPS) is 13.9. The molecule has 2 N–H and O–H groups in total. The number of carbonyl (C=O) groups is 2. The number of carboxylic acids is 2. The van der Waals surface area contributed by atoms with Crippen LogP contribution in [0.25, 0.3) is 0 Å². The molecule has 1 saturated heterocycles. The van der Waals surface area contributed by atoms with Crippen LogP contribution < -0.4 is 18.9 Å². The predicted molar refractivity (Wildman–Crippen MR) is 144 cm³/mol. The van der Waals surface area contributed by atoms with Crippen LogP contribution in [0.15, 0.2) is 30.3 Å². The number of piperazine rings is 1. The highest BCUT2D eigenvalue weighted by Gasteiger charge is 2.21. The van der Waals surface area contributed by atoms with Gasteiger partial charge in [-0.05, 0) is 36.1 Å². The second-order valence-electron chi connectivity index (χ2n) is 9.27. The molecule has 0 aliphatic carbocycles. The average Bonchev–Trinajstić information content (AvgIpc) is 2.89. The van der Waals surface area contributed by atoms with Crippen molar-refractivity contribution in [1.29, 1.82) is 0 Å². The molecule has 1 aliphatic rings. The van der Waals surface area contributed by atoms with Gasteiger partial charge < -0.3 is 29.2 Å². The molecule has 2 aromatic rings. The standard InChI is InChI=1S/C26H38N2O4.C2H2O4/c1-19(2)22-9-7-20(3)17-24(22)32-16-15-27-11-13-28(14-12-27)18-21-8-10-23(29-4)26(31-6)25(21)30-5;3-1(4)2(5)6/h7-10,17,19H,11-16,18H2,1-6H3;(H,3,4)(H,5,6). The van der Waals surface area contributed by atoms with E-state index >= 15 is 0 Å². The van der Waals surface area contributed by atoms with Crippen LogP contribution in [0, 0.1) is 6.92 Å². The maximum atomic E-state index is 9.10. The first-order chi connectivity index (χ1) is 18.1. The molecule has 0 unspecified atom stereocenters. The maximum Gasteiger partial charge on any atom is 0.414 e. The second kappa shape index (κ2) is 15.0. The minimum absolute atomic E-state index is 0.461. The van der Waals surface area contributed by atoms with E-state index in [2.05, 4.69) is 54.8 Å². The molecule has 2 aromatic carbocycles. The summed E-state index contributed by atoms with van der Waals surface area (Å²) in [4.78, 5) is 23.1. The van der Waals surface area contributed by atoms with Crippen molar-refractivity contribution >= 4 is 11.9 Å². The monoisotopic (exact) mass is 532 g/mol. The summed E-state index contributed by atoms with van der Waals surface area (Å²) in [6, 6.07) is 10.5. The van der Waals surface area contributed by atoms with Crippen LogP contribution in [0.4, 0.5) is 0 Å². The van der Waals surface area contributed by atoms with Crippen LogP contribution in [-0.4, -0.2) is 92.6 Å². The van der Waals surface area contributed by atoms with Crippen molar-refractivity contribution in [2.75, 3.05) is 60.7 Å². The molecular formula is C28H40N2O8. The molecule has 1 heterocycles. The van der Waals surface area contributed by atoms with Gasteiger partial charge >= 0.3 is 11.9 Å². The first-order valence-corrected chi connectivity index (χ1v) is 12.5. The molecule has 1 aliphatic heterocycles. The van der Waals surface area contributed by atoms with Gasteiger partial charge in [0, 0.05) is 44.8 Å². The molecule has 3 rings (SSSR count). The highest BCUT2D eigenvalue weighted by atomic mass is 16.5. The second-order valence-corrected chi connectivity index (χ2v) is 9.27. The zero-order chi connectivity index (χ0) is 28.2. The van der Waals surface area contributed by atoms with Crippen LogP contribution in [-0.2, 0) is 16.1 Å². The number of hydrogen-bond donors (Lipinski definition) is 2. The smallest absolute Gasteiger partial charge is 0.414 e. The van der Waals surface area contributed by atoms with Crippen molar-refractivity contribution in [1.82, 2.24) is 9.80 Å². The van der Waals surface area contributed by atoms with E-state index < -0.39 is 11.9 Å². The van der Waals surface area contributed by atoms with Crippen LogP contribution >= 0.6 is 0 Å². The molecule has 0 saturated carbocycles. The van der Waals surface area contributed by atoms with Crippen molar-refractivity contribution in [3.63, 3.8) is 0 Å². The average molecular weight is 533 g/mol. The lowest BCUT2D eigenvalue weighted by Gasteiger charge is -2.35. The lowest BCUT2D eigenvalue weighted by molar-refractivity contribution is -0.159. The van der Waals surface area contributed by atoms with Gasteiger partial charge in [0.1, 0.15) is 12.4 Å². The summed E-state index contributed by atoms with van der Waals surface area (Å²) in [6.07, 6.45) is 0. The third-order valence-electron chi connectivity index (χ3n) is 6.28. The minimum Gasteiger partial charge on any atom is -0.493 e. The predicted octanol–water partition coefficient (Wildman–Crippen LogP) is 3.50. The minimum atomic E-state index is -1.82. The lowest BCUT2D eigenvalue weighted by Crippen LogP contribution is -2.47. The topological polar surface area (TPSA) is 118 Å². The Hall–Kier alpha value is -3.50. The van der Waals surface area contributed by atoms with Crippen molar-refractivity contribution in [3.05, 3.63) is 47.0 Å². The lowest BCUT2D eigenvalue weighted by atomic mass is 10.0. The molecule has 10 nitrogen and oxygen atoms in total. The molecule has 1 fully saturated rings. The third-order valence-corrected chi connectivity index (χ3v) is 6.28. The van der Waals surface area contributed by atoms with Gasteiger partial charge in [0.2, 0.25) is 5.75 Å². The van der Waals surface area contributed by atoms with Gasteiger partial charge in [-0.15, -0.1) is 0 Å². The van der Waals surface area contributed by atoms with Gasteiger partial charge in [0.25, 0.3) is 0 Å². The largest absolute Gasteiger partial charge is 0.493 e. The van der Waals surface area contributed by atoms with Crippen molar-refractivity contribution < 1.29 is 38.7 Å². The van der Waals surface area contributed by atoms with Gasteiger partial charge in [0.05, 0.1) is 21.3 Å². The zero-order valence-electron chi connectivity index (χ0n) is 23.2. The summed E-state index contributed by atoms with van der Waals surface area (Å²) in [5.41, 5.74) is 3.63. The van der Waals surface area contributed by atoms with Crippen LogP contribution in [0.3, 0.4) is 0 Å². The molecule has 0 amide bonds. The Labute approximate surface area is 224 Å². The fourth-order valence-corrected chi connectivity index (χ4v) is 4.23. The molecule has 210 valence electrons. The Bertz CT molecular complexity index is 1050. The fourth-order valence-electron chi connectivity index (χ4n) is 4.23. The number of rotatable bonds is 10. The highest BCUT2D eigenvalue weighted by Crippen LogP contribution is 2.40. The van der Waals surface area contributed by atoms with E-state index in [-0.39, 0.29) is 0 Å². The third kappa shape index (κ3) is 8.81. The van der Waals surface area contributed by atoms with E-state index in [0.29, 0.717) is 24.0 Å². The van der Waals surface area contributed by atoms with Crippen molar-refractivity contribution in [2.45, 2.75) is 33.2 Å². The van der Waals surface area contributed by atoms with E-state index in [9.17, 15) is 0 Å².